The number of ketones is 2. The average Bonchev–Trinajstić information content (AvgIpc) is 2.91. The molecule has 8 nitrogen and oxygen atoms in total. The predicted octanol–water partition coefficient (Wildman–Crippen LogP) is 4.38. The number of aliphatic hydroxyl groups is 1. The number of benzene rings is 2. The number of aliphatic hydroxyl groups excluding tert-OH is 1. The molecule has 41 heavy (non-hydrogen) atoms. The highest BCUT2D eigenvalue weighted by Crippen LogP contribution is 2.25. The quantitative estimate of drug-likeness (QED) is 0.369. The van der Waals surface area contributed by atoms with Crippen LogP contribution in [0.25, 0.3) is 0 Å². The minimum atomic E-state index is -0.428. The molecule has 0 aromatic heterocycles. The Morgan fingerprint density at radius 1 is 0.976 bits per heavy atom. The number of rotatable bonds is 10. The molecular weight excluding hydrogens is 523 g/mol. The van der Waals surface area contributed by atoms with E-state index in [-0.39, 0.29) is 35.4 Å². The molecule has 2 fully saturated rings. The van der Waals surface area contributed by atoms with Crippen molar-refractivity contribution in [3.63, 3.8) is 0 Å². The smallest absolute Gasteiger partial charge is 0.319 e. The molecule has 0 bridgehead atoms. The van der Waals surface area contributed by atoms with Crippen LogP contribution in [-0.2, 0) is 6.42 Å². The number of hydrogen-bond acceptors (Lipinski definition) is 6. The van der Waals surface area contributed by atoms with Crippen molar-refractivity contribution in [1.82, 2.24) is 15.1 Å². The van der Waals surface area contributed by atoms with Crippen molar-refractivity contribution in [2.75, 3.05) is 44.6 Å². The van der Waals surface area contributed by atoms with E-state index in [9.17, 15) is 23.9 Å². The van der Waals surface area contributed by atoms with Crippen molar-refractivity contribution < 1.29 is 23.9 Å². The summed E-state index contributed by atoms with van der Waals surface area (Å²) in [6.45, 7) is 9.56. The van der Waals surface area contributed by atoms with Crippen LogP contribution in [0, 0.1) is 17.7 Å². The summed E-state index contributed by atoms with van der Waals surface area (Å²) in [6.07, 6.45) is 3.48. The largest absolute Gasteiger partial charge is 0.392 e. The number of hydrogen-bond donors (Lipinski definition) is 3. The first-order valence-electron chi connectivity index (χ1n) is 14.7. The van der Waals surface area contributed by atoms with Gasteiger partial charge in [-0.15, -0.1) is 0 Å². The van der Waals surface area contributed by atoms with Gasteiger partial charge in [0.1, 0.15) is 5.82 Å². The van der Waals surface area contributed by atoms with E-state index < -0.39 is 6.10 Å². The Morgan fingerprint density at radius 3 is 2.29 bits per heavy atom. The van der Waals surface area contributed by atoms with E-state index in [0.29, 0.717) is 29.3 Å². The zero-order valence-corrected chi connectivity index (χ0v) is 24.4. The monoisotopic (exact) mass is 566 g/mol. The lowest BCUT2D eigenvalue weighted by molar-refractivity contribution is 0.0581. The van der Waals surface area contributed by atoms with Gasteiger partial charge in [-0.3, -0.25) is 9.59 Å². The van der Waals surface area contributed by atoms with E-state index in [4.69, 9.17) is 0 Å². The highest BCUT2D eigenvalue weighted by atomic mass is 19.1. The second kappa shape index (κ2) is 14.2. The summed E-state index contributed by atoms with van der Waals surface area (Å²) in [5.74, 6) is 0.0773. The van der Waals surface area contributed by atoms with Gasteiger partial charge in [-0.2, -0.15) is 0 Å². The number of amides is 2. The summed E-state index contributed by atoms with van der Waals surface area (Å²) in [5.41, 5.74) is 2.30. The molecule has 2 aromatic rings. The zero-order chi connectivity index (χ0) is 29.5. The highest BCUT2D eigenvalue weighted by molar-refractivity contribution is 6.02. The molecule has 2 unspecified atom stereocenters. The molecule has 2 aromatic carbocycles. The molecule has 0 saturated carbocycles. The number of urea groups is 1. The summed E-state index contributed by atoms with van der Waals surface area (Å²) in [7, 11) is 0. The van der Waals surface area contributed by atoms with Crippen LogP contribution in [0.3, 0.4) is 0 Å². The lowest BCUT2D eigenvalue weighted by Gasteiger charge is -2.43. The van der Waals surface area contributed by atoms with Gasteiger partial charge in [0.2, 0.25) is 0 Å². The molecule has 222 valence electrons. The van der Waals surface area contributed by atoms with E-state index in [0.717, 1.165) is 64.0 Å². The van der Waals surface area contributed by atoms with Crippen LogP contribution in [-0.4, -0.2) is 83.9 Å². The van der Waals surface area contributed by atoms with Crippen LogP contribution >= 0.6 is 0 Å². The first-order chi connectivity index (χ1) is 19.5. The molecule has 2 saturated heterocycles. The van der Waals surface area contributed by atoms with E-state index in [2.05, 4.69) is 20.4 Å². The number of anilines is 1. The fourth-order valence-corrected chi connectivity index (χ4v) is 6.23. The van der Waals surface area contributed by atoms with Gasteiger partial charge in [0.15, 0.2) is 11.6 Å². The molecule has 0 aliphatic carbocycles. The molecule has 2 amide bonds. The number of halogens is 1. The van der Waals surface area contributed by atoms with Crippen molar-refractivity contribution in [2.45, 2.75) is 58.6 Å². The van der Waals surface area contributed by atoms with Crippen molar-refractivity contribution in [3.8, 4) is 0 Å². The molecule has 0 spiro atoms. The SMILES string of the molecule is CC(=O)c1cc(NC(=O)N[C@@H]2CCN(CC(C)O)C[C@@H]2CN2CCCC(Cc3ccc(F)cc3)C2)cc(C(C)=O)c1. The van der Waals surface area contributed by atoms with Gasteiger partial charge in [-0.05, 0) is 94.8 Å². The maximum Gasteiger partial charge on any atom is 0.319 e. The standard InChI is InChI=1S/C32H43FN4O4/c1-21(38)17-37-12-10-31(35-32(41)34-30-15-26(22(2)39)14-27(16-30)23(3)40)28(20-37)19-36-11-4-5-25(18-36)13-24-6-8-29(33)9-7-24/h6-9,14-16,21,25,28,31,38H,4-5,10-13,17-20H2,1-3H3,(H2,34,35,41)/t21?,25?,28-,31+/m0/s1. The third-order valence-corrected chi connectivity index (χ3v) is 8.19. The van der Waals surface area contributed by atoms with Gasteiger partial charge in [0, 0.05) is 61.5 Å². The molecule has 4 rings (SSSR count). The van der Waals surface area contributed by atoms with E-state index in [1.54, 1.807) is 25.1 Å². The average molecular weight is 567 g/mol. The van der Waals surface area contributed by atoms with E-state index in [1.807, 2.05) is 12.1 Å². The first kappa shape index (κ1) is 30.8. The number of nitrogens with one attached hydrogen (secondary N) is 2. The summed E-state index contributed by atoms with van der Waals surface area (Å²) in [6, 6.07) is 11.1. The number of carbonyl (C=O) groups is 3. The number of Topliss-reactive ketones (excluding diaryl/α,β-unsaturated/α-hetero) is 2. The summed E-state index contributed by atoms with van der Waals surface area (Å²) in [4.78, 5) is 41.8. The zero-order valence-electron chi connectivity index (χ0n) is 24.4. The molecule has 9 heteroatoms. The Bertz CT molecular complexity index is 1190. The minimum Gasteiger partial charge on any atom is -0.392 e. The number of nitrogens with zero attached hydrogens (tertiary/aromatic N) is 2. The molecular formula is C32H43FN4O4. The Morgan fingerprint density at radius 2 is 1.66 bits per heavy atom. The molecule has 2 heterocycles. The fraction of sp³-hybridized carbons (Fsp3) is 0.531. The van der Waals surface area contributed by atoms with Crippen LogP contribution in [0.4, 0.5) is 14.9 Å². The van der Waals surface area contributed by atoms with Gasteiger partial charge in [-0.25, -0.2) is 9.18 Å². The Balaban J connectivity index is 1.42. The Hall–Kier alpha value is -3.14. The lowest BCUT2D eigenvalue weighted by atomic mass is 9.88. The second-order valence-corrected chi connectivity index (χ2v) is 11.9. The van der Waals surface area contributed by atoms with Gasteiger partial charge < -0.3 is 25.5 Å². The van der Waals surface area contributed by atoms with Crippen molar-refractivity contribution in [2.24, 2.45) is 11.8 Å². The first-order valence-corrected chi connectivity index (χ1v) is 14.7. The summed E-state index contributed by atoms with van der Waals surface area (Å²) in [5, 5.41) is 16.0. The predicted molar refractivity (Wildman–Crippen MR) is 158 cm³/mol. The van der Waals surface area contributed by atoms with Crippen LogP contribution in [0.5, 0.6) is 0 Å². The topological polar surface area (TPSA) is 102 Å². The lowest BCUT2D eigenvalue weighted by Crippen LogP contribution is -2.56. The van der Waals surface area contributed by atoms with Crippen LogP contribution < -0.4 is 10.6 Å². The number of carbonyl (C=O) groups excluding carboxylic acids is 3. The van der Waals surface area contributed by atoms with Gasteiger partial charge in [-0.1, -0.05) is 12.1 Å². The maximum atomic E-state index is 13.4. The number of β-amino-alcohol motifs (C(OH)–C–C–N with tert-alkyl or cyclic N) is 1. The van der Waals surface area contributed by atoms with E-state index >= 15 is 0 Å². The summed E-state index contributed by atoms with van der Waals surface area (Å²) >= 11 is 0. The Kier molecular flexibility index (Phi) is 10.6. The number of likely N-dealkylation sites (tertiary alicyclic amines) is 2. The third kappa shape index (κ3) is 9.18. The molecule has 4 atom stereocenters. The molecule has 2 aliphatic heterocycles. The van der Waals surface area contributed by atoms with Crippen molar-refractivity contribution in [1.29, 1.82) is 0 Å². The van der Waals surface area contributed by atoms with Crippen LogP contribution in [0.1, 0.15) is 66.3 Å². The van der Waals surface area contributed by atoms with Gasteiger partial charge >= 0.3 is 6.03 Å². The van der Waals surface area contributed by atoms with Crippen molar-refractivity contribution >= 4 is 23.3 Å². The van der Waals surface area contributed by atoms with Crippen molar-refractivity contribution in [3.05, 3.63) is 65.0 Å². The highest BCUT2D eigenvalue weighted by Gasteiger charge is 2.33. The van der Waals surface area contributed by atoms with Gasteiger partial charge in [0.25, 0.3) is 0 Å². The summed E-state index contributed by atoms with van der Waals surface area (Å²) < 4.78 is 13.4. The normalized spacial score (nSPS) is 22.6. The van der Waals surface area contributed by atoms with Crippen LogP contribution in [0.2, 0.25) is 0 Å². The van der Waals surface area contributed by atoms with Crippen LogP contribution in [0.15, 0.2) is 42.5 Å². The number of piperidine rings is 2. The van der Waals surface area contributed by atoms with E-state index in [1.165, 1.54) is 26.0 Å². The fourth-order valence-electron chi connectivity index (χ4n) is 6.23. The maximum absolute atomic E-state index is 13.4. The Labute approximate surface area is 242 Å². The molecule has 3 N–H and O–H groups in total. The minimum absolute atomic E-state index is 0.0685. The third-order valence-electron chi connectivity index (χ3n) is 8.19. The molecule has 0 radical (unpaired) electrons. The van der Waals surface area contributed by atoms with Gasteiger partial charge in [0.05, 0.1) is 6.10 Å². The second-order valence-electron chi connectivity index (χ2n) is 11.9. The molecule has 2 aliphatic rings.